The fourth-order valence-electron chi connectivity index (χ4n) is 4.26. The van der Waals surface area contributed by atoms with Crippen LogP contribution in [-0.4, -0.2) is 65.7 Å². The molecule has 0 spiro atoms. The van der Waals surface area contributed by atoms with Crippen molar-refractivity contribution in [1.29, 1.82) is 5.26 Å². The van der Waals surface area contributed by atoms with E-state index < -0.39 is 0 Å². The van der Waals surface area contributed by atoms with Crippen molar-refractivity contribution in [3.05, 3.63) is 42.1 Å². The molecule has 6 heteroatoms. The molecule has 6 nitrogen and oxygen atoms in total. The smallest absolute Gasteiger partial charge is 0.246 e. The Bertz CT molecular complexity index is 913. The number of hydrogen-bond donors (Lipinski definition) is 0. The molecular weight excluding hydrogens is 364 g/mol. The number of nitriles is 1. The molecule has 2 saturated heterocycles. The summed E-state index contributed by atoms with van der Waals surface area (Å²) in [4.78, 5) is 17.0. The molecule has 4 rings (SSSR count). The molecule has 2 aliphatic rings. The number of piperazine rings is 1. The third-order valence-corrected chi connectivity index (χ3v) is 5.86. The van der Waals surface area contributed by atoms with Crippen LogP contribution in [0.2, 0.25) is 0 Å². The van der Waals surface area contributed by atoms with E-state index in [9.17, 15) is 4.79 Å². The van der Waals surface area contributed by atoms with Gasteiger partial charge in [0.1, 0.15) is 0 Å². The third-order valence-electron chi connectivity index (χ3n) is 5.86. The zero-order valence-electron chi connectivity index (χ0n) is 16.8. The van der Waals surface area contributed by atoms with Gasteiger partial charge < -0.3 is 14.2 Å². The fourth-order valence-corrected chi connectivity index (χ4v) is 4.26. The number of aromatic nitrogens is 1. The first kappa shape index (κ1) is 19.7. The average Bonchev–Trinajstić information content (AvgIpc) is 3.39. The van der Waals surface area contributed by atoms with Gasteiger partial charge >= 0.3 is 0 Å². The number of aryl methyl sites for hydroxylation is 1. The van der Waals surface area contributed by atoms with Gasteiger partial charge in [0.25, 0.3) is 0 Å². The predicted molar refractivity (Wildman–Crippen MR) is 113 cm³/mol. The zero-order valence-corrected chi connectivity index (χ0v) is 16.8. The summed E-state index contributed by atoms with van der Waals surface area (Å²) in [6.07, 6.45) is 8.79. The normalized spacial score (nSPS) is 20.5. The van der Waals surface area contributed by atoms with Gasteiger partial charge in [-0.1, -0.05) is 18.2 Å². The van der Waals surface area contributed by atoms with Crippen molar-refractivity contribution < 1.29 is 9.53 Å². The number of benzene rings is 1. The number of rotatable bonds is 6. The van der Waals surface area contributed by atoms with Crippen LogP contribution in [0.5, 0.6) is 0 Å². The minimum absolute atomic E-state index is 0.0654. The first-order chi connectivity index (χ1) is 14.2. The first-order valence-electron chi connectivity index (χ1n) is 10.5. The Balaban J connectivity index is 1.37. The SMILES string of the molecule is N#CCCn1cc(/C=C/C(=O)N2CCN(CC3CCCO3)CC2)c2ccccc21. The maximum Gasteiger partial charge on any atom is 0.246 e. The molecule has 1 amide bonds. The second kappa shape index (κ2) is 9.25. The number of amides is 1. The van der Waals surface area contributed by atoms with Crippen LogP contribution >= 0.6 is 0 Å². The van der Waals surface area contributed by atoms with E-state index in [2.05, 4.69) is 27.7 Å². The van der Waals surface area contributed by atoms with Crippen molar-refractivity contribution in [2.45, 2.75) is 31.9 Å². The van der Waals surface area contributed by atoms with Crippen molar-refractivity contribution in [2.24, 2.45) is 0 Å². The summed E-state index contributed by atoms with van der Waals surface area (Å²) >= 11 is 0. The maximum atomic E-state index is 12.7. The van der Waals surface area contributed by atoms with E-state index in [-0.39, 0.29) is 5.91 Å². The lowest BCUT2D eigenvalue weighted by atomic mass is 10.1. The molecule has 29 heavy (non-hydrogen) atoms. The standard InChI is InChI=1S/C23H28N4O2/c24-10-4-11-27-17-19(21-6-1-2-7-22(21)27)8-9-23(28)26-14-12-25(13-15-26)18-20-5-3-16-29-20/h1-2,6-9,17,20H,3-5,11-16,18H2/b9-8+. The number of para-hydroxylation sites is 1. The Labute approximate surface area is 171 Å². The van der Waals surface area contributed by atoms with Crippen LogP contribution in [0.15, 0.2) is 36.5 Å². The number of hydrogen-bond acceptors (Lipinski definition) is 4. The minimum Gasteiger partial charge on any atom is -0.377 e. The van der Waals surface area contributed by atoms with Crippen LogP contribution in [0.3, 0.4) is 0 Å². The summed E-state index contributed by atoms with van der Waals surface area (Å²) in [6, 6.07) is 10.3. The van der Waals surface area contributed by atoms with Crippen molar-refractivity contribution in [3.8, 4) is 6.07 Å². The number of fused-ring (bicyclic) bond motifs is 1. The van der Waals surface area contributed by atoms with Gasteiger partial charge in [0.15, 0.2) is 0 Å². The lowest BCUT2D eigenvalue weighted by molar-refractivity contribution is -0.127. The Morgan fingerprint density at radius 1 is 1.24 bits per heavy atom. The second-order valence-electron chi connectivity index (χ2n) is 7.80. The average molecular weight is 393 g/mol. The van der Waals surface area contributed by atoms with Gasteiger partial charge in [-0.25, -0.2) is 0 Å². The monoisotopic (exact) mass is 392 g/mol. The minimum atomic E-state index is 0.0654. The summed E-state index contributed by atoms with van der Waals surface area (Å²) < 4.78 is 7.82. The molecule has 0 N–H and O–H groups in total. The second-order valence-corrected chi connectivity index (χ2v) is 7.80. The quantitative estimate of drug-likeness (QED) is 0.709. The van der Waals surface area contributed by atoms with Crippen LogP contribution < -0.4 is 0 Å². The number of carbonyl (C=O) groups excluding carboxylic acids is 1. The van der Waals surface area contributed by atoms with Gasteiger partial charge in [-0.2, -0.15) is 5.26 Å². The molecule has 0 bridgehead atoms. The molecule has 0 aliphatic carbocycles. The molecule has 152 valence electrons. The van der Waals surface area contributed by atoms with Gasteiger partial charge in [0.05, 0.1) is 18.6 Å². The van der Waals surface area contributed by atoms with Gasteiger partial charge in [-0.15, -0.1) is 0 Å². The van der Waals surface area contributed by atoms with E-state index in [0.29, 0.717) is 19.1 Å². The van der Waals surface area contributed by atoms with Crippen LogP contribution in [-0.2, 0) is 16.1 Å². The molecule has 0 radical (unpaired) electrons. The zero-order chi connectivity index (χ0) is 20.1. The van der Waals surface area contributed by atoms with E-state index in [0.717, 1.165) is 62.2 Å². The van der Waals surface area contributed by atoms with Crippen LogP contribution in [0.25, 0.3) is 17.0 Å². The third kappa shape index (κ3) is 4.69. The Morgan fingerprint density at radius 2 is 2.07 bits per heavy atom. The van der Waals surface area contributed by atoms with Gasteiger partial charge in [0, 0.05) is 74.6 Å². The van der Waals surface area contributed by atoms with Crippen molar-refractivity contribution >= 4 is 22.9 Å². The summed E-state index contributed by atoms with van der Waals surface area (Å²) in [5.74, 6) is 0.0654. The molecule has 2 fully saturated rings. The van der Waals surface area contributed by atoms with Crippen molar-refractivity contribution in [1.82, 2.24) is 14.4 Å². The molecule has 1 unspecified atom stereocenters. The predicted octanol–water partition coefficient (Wildman–Crippen LogP) is 2.89. The van der Waals surface area contributed by atoms with Crippen molar-refractivity contribution in [2.75, 3.05) is 39.3 Å². The van der Waals surface area contributed by atoms with E-state index in [1.807, 2.05) is 29.3 Å². The molecule has 2 aliphatic heterocycles. The maximum absolute atomic E-state index is 12.7. The van der Waals surface area contributed by atoms with E-state index in [1.54, 1.807) is 6.08 Å². The van der Waals surface area contributed by atoms with E-state index in [4.69, 9.17) is 10.00 Å². The lowest BCUT2D eigenvalue weighted by Crippen LogP contribution is -2.50. The largest absolute Gasteiger partial charge is 0.377 e. The van der Waals surface area contributed by atoms with Crippen LogP contribution in [0.1, 0.15) is 24.8 Å². The number of nitrogens with zero attached hydrogens (tertiary/aromatic N) is 4. The summed E-state index contributed by atoms with van der Waals surface area (Å²) in [7, 11) is 0. The fraction of sp³-hybridized carbons (Fsp3) is 0.478. The van der Waals surface area contributed by atoms with Crippen molar-refractivity contribution in [3.63, 3.8) is 0 Å². The molecule has 0 saturated carbocycles. The molecule has 3 heterocycles. The van der Waals surface area contributed by atoms with E-state index >= 15 is 0 Å². The Hall–Kier alpha value is -2.62. The lowest BCUT2D eigenvalue weighted by Gasteiger charge is -2.35. The highest BCUT2D eigenvalue weighted by atomic mass is 16.5. The first-order valence-corrected chi connectivity index (χ1v) is 10.5. The molecule has 1 aromatic carbocycles. The number of ether oxygens (including phenoxy) is 1. The van der Waals surface area contributed by atoms with Gasteiger partial charge in [-0.3, -0.25) is 9.69 Å². The Kier molecular flexibility index (Phi) is 6.28. The Morgan fingerprint density at radius 3 is 2.83 bits per heavy atom. The summed E-state index contributed by atoms with van der Waals surface area (Å²) in [5.41, 5.74) is 2.11. The highest BCUT2D eigenvalue weighted by molar-refractivity contribution is 5.96. The van der Waals surface area contributed by atoms with Crippen LogP contribution in [0.4, 0.5) is 0 Å². The molecular formula is C23H28N4O2. The van der Waals surface area contributed by atoms with Gasteiger partial charge in [-0.05, 0) is 25.0 Å². The topological polar surface area (TPSA) is 61.5 Å². The van der Waals surface area contributed by atoms with Gasteiger partial charge in [0.2, 0.25) is 5.91 Å². The highest BCUT2D eigenvalue weighted by Crippen LogP contribution is 2.23. The summed E-state index contributed by atoms with van der Waals surface area (Å²) in [5, 5.41) is 9.99. The highest BCUT2D eigenvalue weighted by Gasteiger charge is 2.24. The van der Waals surface area contributed by atoms with Crippen LogP contribution in [0, 0.1) is 11.3 Å². The molecule has 1 atom stereocenters. The molecule has 2 aromatic rings. The van der Waals surface area contributed by atoms with E-state index in [1.165, 1.54) is 6.42 Å². The molecule has 1 aromatic heterocycles. The number of carbonyl (C=O) groups is 1. The summed E-state index contributed by atoms with van der Waals surface area (Å²) in [6.45, 7) is 5.88.